The highest BCUT2D eigenvalue weighted by atomic mass is 19.1. The average Bonchev–Trinajstić information content (AvgIpc) is 2.77. The molecule has 0 spiro atoms. The van der Waals surface area contributed by atoms with Gasteiger partial charge in [-0.25, -0.2) is 14.4 Å². The van der Waals surface area contributed by atoms with Gasteiger partial charge in [-0.15, -0.1) is 11.8 Å². The Hall–Kier alpha value is -3.33. The van der Waals surface area contributed by atoms with Crippen LogP contribution >= 0.6 is 0 Å². The number of fused-ring (bicyclic) bond motifs is 1. The number of aromatic nitrogens is 2. The van der Waals surface area contributed by atoms with Crippen molar-refractivity contribution >= 4 is 22.4 Å². The first kappa shape index (κ1) is 19.6. The number of rotatable bonds is 4. The number of para-hydroxylation sites is 1. The van der Waals surface area contributed by atoms with Crippen LogP contribution in [0.4, 0.5) is 15.9 Å². The number of halogens is 1. The van der Waals surface area contributed by atoms with E-state index in [9.17, 15) is 4.39 Å². The summed E-state index contributed by atoms with van der Waals surface area (Å²) in [5, 5.41) is 1.13. The lowest BCUT2D eigenvalue weighted by Crippen LogP contribution is -2.54. The first-order valence-corrected chi connectivity index (χ1v) is 10.8. The SMILES string of the molecule is CC#CC1CCN(c2cc(F)cnc2OC2CN(c3ccc4ccccc4n3)C2)CC1. The summed E-state index contributed by atoms with van der Waals surface area (Å²) in [4.78, 5) is 13.4. The van der Waals surface area contributed by atoms with Gasteiger partial charge in [0.05, 0.1) is 24.8 Å². The predicted molar refractivity (Wildman–Crippen MR) is 121 cm³/mol. The van der Waals surface area contributed by atoms with Crippen molar-refractivity contribution in [1.29, 1.82) is 0 Å². The van der Waals surface area contributed by atoms with Gasteiger partial charge in [0.15, 0.2) is 0 Å². The molecule has 158 valence electrons. The zero-order valence-corrected chi connectivity index (χ0v) is 17.6. The molecule has 4 heterocycles. The van der Waals surface area contributed by atoms with E-state index in [1.54, 1.807) is 0 Å². The van der Waals surface area contributed by atoms with Gasteiger partial charge in [0.1, 0.15) is 23.4 Å². The maximum Gasteiger partial charge on any atom is 0.238 e. The highest BCUT2D eigenvalue weighted by Gasteiger charge is 2.31. The van der Waals surface area contributed by atoms with E-state index in [4.69, 9.17) is 9.72 Å². The minimum absolute atomic E-state index is 0.00785. The van der Waals surface area contributed by atoms with Crippen LogP contribution in [0, 0.1) is 23.6 Å². The highest BCUT2D eigenvalue weighted by Crippen LogP contribution is 2.33. The Bertz CT molecular complexity index is 1140. The fourth-order valence-corrected chi connectivity index (χ4v) is 4.29. The first-order valence-electron chi connectivity index (χ1n) is 10.8. The number of nitrogens with zero attached hydrogens (tertiary/aromatic N) is 4. The average molecular weight is 417 g/mol. The molecule has 0 saturated carbocycles. The van der Waals surface area contributed by atoms with Crippen molar-refractivity contribution in [2.45, 2.75) is 25.9 Å². The molecule has 31 heavy (non-hydrogen) atoms. The third-order valence-electron chi connectivity index (χ3n) is 6.02. The first-order chi connectivity index (χ1) is 15.2. The van der Waals surface area contributed by atoms with Crippen LogP contribution < -0.4 is 14.5 Å². The highest BCUT2D eigenvalue weighted by molar-refractivity contribution is 5.80. The third-order valence-corrected chi connectivity index (χ3v) is 6.02. The minimum Gasteiger partial charge on any atom is -0.469 e. The van der Waals surface area contributed by atoms with Crippen molar-refractivity contribution < 1.29 is 9.13 Å². The van der Waals surface area contributed by atoms with Crippen LogP contribution in [0.25, 0.3) is 10.9 Å². The summed E-state index contributed by atoms with van der Waals surface area (Å²) in [6.45, 7) is 5.01. The second kappa shape index (κ2) is 8.43. The summed E-state index contributed by atoms with van der Waals surface area (Å²) >= 11 is 0. The molecule has 0 atom stereocenters. The molecule has 2 aliphatic rings. The van der Waals surface area contributed by atoms with Crippen molar-refractivity contribution in [2.75, 3.05) is 36.0 Å². The second-order valence-electron chi connectivity index (χ2n) is 8.14. The number of pyridine rings is 2. The number of piperidine rings is 1. The number of anilines is 2. The molecule has 2 saturated heterocycles. The van der Waals surface area contributed by atoms with Crippen molar-refractivity contribution in [3.8, 4) is 17.7 Å². The van der Waals surface area contributed by atoms with Crippen LogP contribution in [0.2, 0.25) is 0 Å². The Balaban J connectivity index is 1.25. The molecule has 6 heteroatoms. The zero-order chi connectivity index (χ0) is 21.2. The monoisotopic (exact) mass is 416 g/mol. The van der Waals surface area contributed by atoms with Crippen LogP contribution in [0.3, 0.4) is 0 Å². The van der Waals surface area contributed by atoms with Gasteiger partial charge < -0.3 is 14.5 Å². The topological polar surface area (TPSA) is 41.5 Å². The van der Waals surface area contributed by atoms with Gasteiger partial charge in [-0.1, -0.05) is 18.2 Å². The fourth-order valence-electron chi connectivity index (χ4n) is 4.29. The molecule has 5 nitrogen and oxygen atoms in total. The van der Waals surface area contributed by atoms with E-state index in [1.165, 1.54) is 12.3 Å². The standard InChI is InChI=1S/C25H25FN4O/c1-2-5-18-10-12-29(13-11-18)23-14-20(26)15-27-25(23)31-21-16-30(17-21)24-9-8-19-6-3-4-7-22(19)28-24/h3-4,6-9,14-15,18,21H,10-13,16-17H2,1H3. The number of ether oxygens (including phenoxy) is 1. The number of hydrogen-bond acceptors (Lipinski definition) is 5. The Morgan fingerprint density at radius 1 is 1.06 bits per heavy atom. The van der Waals surface area contributed by atoms with Gasteiger partial charge >= 0.3 is 0 Å². The van der Waals surface area contributed by atoms with E-state index in [-0.39, 0.29) is 11.9 Å². The molecular weight excluding hydrogens is 391 g/mol. The molecule has 0 radical (unpaired) electrons. The number of hydrogen-bond donors (Lipinski definition) is 0. The van der Waals surface area contributed by atoms with Crippen LogP contribution in [0.5, 0.6) is 5.88 Å². The van der Waals surface area contributed by atoms with Crippen molar-refractivity contribution in [3.63, 3.8) is 0 Å². The summed E-state index contributed by atoms with van der Waals surface area (Å²) in [7, 11) is 0. The number of benzene rings is 1. The van der Waals surface area contributed by atoms with E-state index >= 15 is 0 Å². The molecule has 0 amide bonds. The molecule has 0 N–H and O–H groups in total. The molecule has 0 bridgehead atoms. The van der Waals surface area contributed by atoms with Crippen LogP contribution in [0.15, 0.2) is 48.7 Å². The van der Waals surface area contributed by atoms with Gasteiger partial charge in [-0.05, 0) is 38.0 Å². The lowest BCUT2D eigenvalue weighted by Gasteiger charge is -2.40. The van der Waals surface area contributed by atoms with Crippen LogP contribution in [0.1, 0.15) is 19.8 Å². The van der Waals surface area contributed by atoms with Gasteiger partial charge in [0.25, 0.3) is 0 Å². The van der Waals surface area contributed by atoms with E-state index in [0.717, 1.165) is 61.4 Å². The van der Waals surface area contributed by atoms with Crippen molar-refractivity contribution in [2.24, 2.45) is 5.92 Å². The van der Waals surface area contributed by atoms with Crippen LogP contribution in [-0.2, 0) is 0 Å². The molecule has 2 fully saturated rings. The smallest absolute Gasteiger partial charge is 0.238 e. The third kappa shape index (κ3) is 4.13. The maximum atomic E-state index is 14.0. The predicted octanol–water partition coefficient (Wildman–Crippen LogP) is 4.28. The zero-order valence-electron chi connectivity index (χ0n) is 17.6. The summed E-state index contributed by atoms with van der Waals surface area (Å²) in [5.74, 6) is 7.80. The molecule has 2 aromatic heterocycles. The Morgan fingerprint density at radius 3 is 2.68 bits per heavy atom. The van der Waals surface area contributed by atoms with Crippen LogP contribution in [-0.4, -0.2) is 42.3 Å². The van der Waals surface area contributed by atoms with Gasteiger partial charge in [0.2, 0.25) is 5.88 Å². The Morgan fingerprint density at radius 2 is 1.87 bits per heavy atom. The molecule has 0 aliphatic carbocycles. The van der Waals surface area contributed by atoms with Gasteiger partial charge in [0, 0.05) is 30.5 Å². The second-order valence-corrected chi connectivity index (χ2v) is 8.14. The fraction of sp³-hybridized carbons (Fsp3) is 0.360. The normalized spacial score (nSPS) is 17.2. The van der Waals surface area contributed by atoms with Crippen molar-refractivity contribution in [1.82, 2.24) is 9.97 Å². The molecule has 1 aromatic carbocycles. The largest absolute Gasteiger partial charge is 0.469 e. The Kier molecular flexibility index (Phi) is 5.33. The molecular formula is C25H25FN4O. The van der Waals surface area contributed by atoms with Gasteiger partial charge in [-0.3, -0.25) is 0 Å². The molecule has 2 aliphatic heterocycles. The maximum absolute atomic E-state index is 14.0. The van der Waals surface area contributed by atoms with Gasteiger partial charge in [-0.2, -0.15) is 0 Å². The van der Waals surface area contributed by atoms with E-state index in [0.29, 0.717) is 11.8 Å². The molecule has 3 aromatic rings. The Labute approximate surface area is 181 Å². The van der Waals surface area contributed by atoms with E-state index < -0.39 is 0 Å². The lowest BCUT2D eigenvalue weighted by atomic mass is 9.97. The lowest BCUT2D eigenvalue weighted by molar-refractivity contribution is 0.160. The van der Waals surface area contributed by atoms with E-state index in [2.05, 4.69) is 38.8 Å². The quantitative estimate of drug-likeness (QED) is 0.594. The summed E-state index contributed by atoms with van der Waals surface area (Å²) in [6, 6.07) is 13.8. The summed E-state index contributed by atoms with van der Waals surface area (Å²) < 4.78 is 20.1. The minimum atomic E-state index is -0.339. The van der Waals surface area contributed by atoms with E-state index in [1.807, 2.05) is 31.2 Å². The molecule has 5 rings (SSSR count). The molecule has 0 unspecified atom stereocenters. The summed E-state index contributed by atoms with van der Waals surface area (Å²) in [6.07, 6.45) is 3.19. The summed E-state index contributed by atoms with van der Waals surface area (Å²) in [5.41, 5.74) is 1.73. The van der Waals surface area contributed by atoms with Crippen molar-refractivity contribution in [3.05, 3.63) is 54.5 Å².